The monoisotopic (exact) mass is 613 g/mol. The lowest BCUT2D eigenvalue weighted by molar-refractivity contribution is 0.199. The second kappa shape index (κ2) is 12.8. The number of nitrogens with one attached hydrogen (secondary N) is 2. The van der Waals surface area contributed by atoms with Crippen molar-refractivity contribution in [1.82, 2.24) is 9.88 Å². The fourth-order valence-corrected chi connectivity index (χ4v) is 5.92. The van der Waals surface area contributed by atoms with Gasteiger partial charge in [-0.25, -0.2) is 27.0 Å². The van der Waals surface area contributed by atoms with Crippen molar-refractivity contribution in [3.63, 3.8) is 0 Å². The molecule has 2 N–H and O–H groups in total. The lowest BCUT2D eigenvalue weighted by Crippen LogP contribution is -2.48. The van der Waals surface area contributed by atoms with Gasteiger partial charge >= 0.3 is 6.03 Å². The Bertz CT molecular complexity index is 1610. The second-order valence-corrected chi connectivity index (χ2v) is 12.5. The molecule has 0 radical (unpaired) electrons. The number of nitrogens with zero attached hydrogens (tertiary/aromatic N) is 3. The Hall–Kier alpha value is -4.07. The van der Waals surface area contributed by atoms with Gasteiger partial charge in [-0.1, -0.05) is 6.07 Å². The van der Waals surface area contributed by atoms with Crippen LogP contribution < -0.4 is 19.7 Å². The number of piperidine rings is 1. The van der Waals surface area contributed by atoms with Crippen molar-refractivity contribution in [2.24, 2.45) is 0 Å². The van der Waals surface area contributed by atoms with Crippen LogP contribution in [0.1, 0.15) is 18.4 Å². The van der Waals surface area contributed by atoms with E-state index >= 15 is 0 Å². The molecule has 1 saturated heterocycles. The topological polar surface area (TPSA) is 104 Å². The first-order valence-electron chi connectivity index (χ1n) is 13.1. The van der Waals surface area contributed by atoms with E-state index < -0.39 is 21.7 Å². The fraction of sp³-hybridized carbons (Fsp3) is 0.241. The maximum atomic E-state index is 13.7. The first-order valence-corrected chi connectivity index (χ1v) is 16.0. The van der Waals surface area contributed by atoms with Crippen molar-refractivity contribution >= 4 is 44.5 Å². The highest BCUT2D eigenvalue weighted by Gasteiger charge is 2.30. The van der Waals surface area contributed by atoms with Gasteiger partial charge in [0.1, 0.15) is 5.75 Å². The van der Waals surface area contributed by atoms with Gasteiger partial charge < -0.3 is 10.1 Å². The molecule has 0 bridgehead atoms. The summed E-state index contributed by atoms with van der Waals surface area (Å²) in [5.41, 5.74) is 2.41. The summed E-state index contributed by atoms with van der Waals surface area (Å²) in [6, 6.07) is 15.0. The Balaban J connectivity index is 1.15. The molecular formula is C29H29F2N5O4S2. The van der Waals surface area contributed by atoms with Gasteiger partial charge in [-0.3, -0.25) is 14.5 Å². The highest BCUT2D eigenvalue weighted by molar-refractivity contribution is 7.92. The van der Waals surface area contributed by atoms with Crippen LogP contribution in [0.5, 0.6) is 11.6 Å². The number of likely N-dealkylation sites (tertiary alicyclic amines) is 1. The highest BCUT2D eigenvalue weighted by atomic mass is 32.2. The van der Waals surface area contributed by atoms with Crippen LogP contribution in [-0.4, -0.2) is 49.7 Å². The number of pyridine rings is 1. The average molecular weight is 614 g/mol. The van der Waals surface area contributed by atoms with Crippen LogP contribution in [-0.2, 0) is 16.6 Å². The standard InChI is InChI=1S/C29H29F2N5O4S2/c1-42(38,39)34-21-3-6-25(7-4-21)40-28-9-2-20(17-32-28)18-35-13-10-23(11-14-35)36(24-12-15-41-19-24)29(37)33-22-5-8-26(30)27(31)16-22/h2-9,12,15-17,19,23,34H,10-11,13-14,18H2,1H3,(H,33,37). The van der Waals surface area contributed by atoms with Gasteiger partial charge in [-0.05, 0) is 66.2 Å². The summed E-state index contributed by atoms with van der Waals surface area (Å²) in [5.74, 6) is -1.04. The zero-order valence-corrected chi connectivity index (χ0v) is 24.3. The van der Waals surface area contributed by atoms with E-state index in [2.05, 4.69) is 19.9 Å². The maximum absolute atomic E-state index is 13.7. The third-order valence-electron chi connectivity index (χ3n) is 6.68. The Kier molecular flexibility index (Phi) is 9.00. The van der Waals surface area contributed by atoms with Crippen molar-refractivity contribution < 1.29 is 26.7 Å². The molecule has 3 heterocycles. The molecular weight excluding hydrogens is 584 g/mol. The number of benzene rings is 2. The van der Waals surface area contributed by atoms with Crippen molar-refractivity contribution in [2.75, 3.05) is 34.3 Å². The third-order valence-corrected chi connectivity index (χ3v) is 7.96. The molecule has 0 spiro atoms. The minimum Gasteiger partial charge on any atom is -0.439 e. The number of hydrogen-bond acceptors (Lipinski definition) is 7. The molecule has 42 heavy (non-hydrogen) atoms. The predicted octanol–water partition coefficient (Wildman–Crippen LogP) is 6.29. The van der Waals surface area contributed by atoms with E-state index in [0.29, 0.717) is 23.9 Å². The number of anilines is 3. The van der Waals surface area contributed by atoms with Crippen molar-refractivity contribution in [3.8, 4) is 11.6 Å². The summed E-state index contributed by atoms with van der Waals surface area (Å²) < 4.78 is 57.9. The molecule has 2 aromatic heterocycles. The van der Waals surface area contributed by atoms with Gasteiger partial charge in [0.05, 0.1) is 11.9 Å². The number of amides is 2. The van der Waals surface area contributed by atoms with E-state index in [1.807, 2.05) is 22.9 Å². The SMILES string of the molecule is CS(=O)(=O)Nc1ccc(Oc2ccc(CN3CCC(N(C(=O)Nc4ccc(F)c(F)c4)c4ccsc4)CC3)cn2)cc1. The molecule has 5 rings (SSSR count). The zero-order valence-electron chi connectivity index (χ0n) is 22.7. The zero-order chi connectivity index (χ0) is 29.7. The Morgan fingerprint density at radius 1 is 1.05 bits per heavy atom. The maximum Gasteiger partial charge on any atom is 0.326 e. The van der Waals surface area contributed by atoms with Crippen LogP contribution in [0, 0.1) is 11.6 Å². The predicted molar refractivity (Wildman–Crippen MR) is 160 cm³/mol. The smallest absolute Gasteiger partial charge is 0.326 e. The van der Waals surface area contributed by atoms with Crippen molar-refractivity contribution in [1.29, 1.82) is 0 Å². The summed E-state index contributed by atoms with van der Waals surface area (Å²) in [6.07, 6.45) is 4.32. The van der Waals surface area contributed by atoms with E-state index in [9.17, 15) is 22.0 Å². The largest absolute Gasteiger partial charge is 0.439 e. The summed E-state index contributed by atoms with van der Waals surface area (Å²) in [5, 5.41) is 6.50. The van der Waals surface area contributed by atoms with Gasteiger partial charge in [0, 0.05) is 60.8 Å². The second-order valence-electron chi connectivity index (χ2n) is 9.92. The summed E-state index contributed by atoms with van der Waals surface area (Å²) >= 11 is 1.48. The van der Waals surface area contributed by atoms with Crippen LogP contribution in [0.25, 0.3) is 0 Å². The molecule has 1 fully saturated rings. The fourth-order valence-electron chi connectivity index (χ4n) is 4.73. The third kappa shape index (κ3) is 7.81. The number of carbonyl (C=O) groups excluding carboxylic acids is 1. The minimum atomic E-state index is -3.35. The summed E-state index contributed by atoms with van der Waals surface area (Å²) in [4.78, 5) is 21.7. The quantitative estimate of drug-likeness (QED) is 0.230. The van der Waals surface area contributed by atoms with Crippen LogP contribution in [0.4, 0.5) is 30.6 Å². The molecule has 1 aliphatic heterocycles. The molecule has 0 atom stereocenters. The van der Waals surface area contributed by atoms with E-state index in [-0.39, 0.29) is 17.8 Å². The van der Waals surface area contributed by atoms with E-state index in [4.69, 9.17) is 4.74 Å². The Morgan fingerprint density at radius 2 is 1.79 bits per heavy atom. The van der Waals surface area contributed by atoms with Gasteiger partial charge in [-0.15, -0.1) is 0 Å². The first kappa shape index (κ1) is 29.4. The molecule has 2 aromatic carbocycles. The highest BCUT2D eigenvalue weighted by Crippen LogP contribution is 2.28. The van der Waals surface area contributed by atoms with Crippen molar-refractivity contribution in [2.45, 2.75) is 25.4 Å². The van der Waals surface area contributed by atoms with Crippen LogP contribution >= 0.6 is 11.3 Å². The number of carbonyl (C=O) groups is 1. The van der Waals surface area contributed by atoms with Crippen LogP contribution in [0.2, 0.25) is 0 Å². The molecule has 2 amide bonds. The van der Waals surface area contributed by atoms with Crippen LogP contribution in [0.3, 0.4) is 0 Å². The number of aromatic nitrogens is 1. The number of thiophene rings is 1. The van der Waals surface area contributed by atoms with Gasteiger partial charge in [0.15, 0.2) is 11.6 Å². The van der Waals surface area contributed by atoms with E-state index in [1.54, 1.807) is 41.4 Å². The van der Waals surface area contributed by atoms with E-state index in [0.717, 1.165) is 55.6 Å². The molecule has 1 aliphatic rings. The molecule has 4 aromatic rings. The van der Waals surface area contributed by atoms with Gasteiger partial charge in [0.25, 0.3) is 0 Å². The normalized spacial score (nSPS) is 14.4. The molecule has 13 heteroatoms. The minimum absolute atomic E-state index is 0.0610. The van der Waals surface area contributed by atoms with Gasteiger partial charge in [0.2, 0.25) is 15.9 Å². The summed E-state index contributed by atoms with van der Waals surface area (Å²) in [6.45, 7) is 2.21. The number of ether oxygens (including phenoxy) is 1. The summed E-state index contributed by atoms with van der Waals surface area (Å²) in [7, 11) is -3.35. The number of rotatable bonds is 9. The van der Waals surface area contributed by atoms with Gasteiger partial charge in [-0.2, -0.15) is 11.3 Å². The number of halogens is 2. The molecule has 0 unspecified atom stereocenters. The number of urea groups is 1. The Morgan fingerprint density at radius 3 is 2.40 bits per heavy atom. The average Bonchev–Trinajstić information content (AvgIpc) is 3.48. The molecule has 220 valence electrons. The molecule has 9 nitrogen and oxygen atoms in total. The van der Waals surface area contributed by atoms with Crippen LogP contribution in [0.15, 0.2) is 77.6 Å². The molecule has 0 aliphatic carbocycles. The first-order chi connectivity index (χ1) is 20.1. The van der Waals surface area contributed by atoms with Crippen molar-refractivity contribution in [3.05, 3.63) is 94.8 Å². The van der Waals surface area contributed by atoms with E-state index in [1.165, 1.54) is 17.4 Å². The number of hydrogen-bond donors (Lipinski definition) is 2. The lowest BCUT2D eigenvalue weighted by Gasteiger charge is -2.38. The molecule has 0 saturated carbocycles. The lowest BCUT2D eigenvalue weighted by atomic mass is 10.0. The Labute approximate surface area is 246 Å². The number of sulfonamides is 1.